The molecule has 3 aromatic carbocycles. The van der Waals surface area contributed by atoms with Crippen molar-refractivity contribution in [2.24, 2.45) is 5.10 Å². The zero-order valence-corrected chi connectivity index (χ0v) is 20.7. The second-order valence-corrected chi connectivity index (χ2v) is 8.97. The molecule has 0 bridgehead atoms. The van der Waals surface area contributed by atoms with Crippen molar-refractivity contribution in [1.29, 1.82) is 0 Å². The molecule has 2 aliphatic rings. The highest BCUT2D eigenvalue weighted by molar-refractivity contribution is 9.10. The van der Waals surface area contributed by atoms with Gasteiger partial charge in [0.15, 0.2) is 0 Å². The number of esters is 2. The minimum Gasteiger partial charge on any atom is -0.466 e. The zero-order chi connectivity index (χ0) is 24.6. The Hall–Kier alpha value is -3.75. The molecule has 0 aliphatic carbocycles. The van der Waals surface area contributed by atoms with Crippen molar-refractivity contribution in [3.05, 3.63) is 112 Å². The van der Waals surface area contributed by atoms with Gasteiger partial charge in [0, 0.05) is 10.0 Å². The summed E-state index contributed by atoms with van der Waals surface area (Å²) in [6.45, 7) is 0.0991. The Morgan fingerprint density at radius 1 is 0.857 bits per heavy atom. The van der Waals surface area contributed by atoms with E-state index in [1.54, 1.807) is 5.12 Å². The Labute approximate surface area is 211 Å². The second-order valence-electron chi connectivity index (χ2n) is 8.05. The van der Waals surface area contributed by atoms with Gasteiger partial charge in [-0.15, -0.1) is 0 Å². The van der Waals surface area contributed by atoms with Gasteiger partial charge >= 0.3 is 11.9 Å². The van der Waals surface area contributed by atoms with Crippen LogP contribution in [0, 0.1) is 0 Å². The molecule has 0 aromatic heterocycles. The monoisotopic (exact) mass is 531 g/mol. The maximum atomic E-state index is 13.4. The maximum Gasteiger partial charge on any atom is 0.337 e. The number of benzene rings is 3. The molecule has 2 aliphatic heterocycles. The molecular weight excluding hydrogens is 510 g/mol. The lowest BCUT2D eigenvalue weighted by Crippen LogP contribution is -2.51. The quantitative estimate of drug-likeness (QED) is 0.453. The van der Waals surface area contributed by atoms with Gasteiger partial charge in [-0.25, -0.2) is 9.59 Å². The second kappa shape index (κ2) is 9.13. The van der Waals surface area contributed by atoms with Crippen LogP contribution in [0.3, 0.4) is 0 Å². The zero-order valence-electron chi connectivity index (χ0n) is 19.1. The van der Waals surface area contributed by atoms with Crippen LogP contribution in [0.5, 0.6) is 0 Å². The van der Waals surface area contributed by atoms with E-state index in [0.29, 0.717) is 5.71 Å². The molecule has 0 spiro atoms. The van der Waals surface area contributed by atoms with E-state index in [0.717, 1.165) is 21.3 Å². The third kappa shape index (κ3) is 3.57. The standard InChI is InChI=1S/C27H22BrN3O4/c1-34-25(32)22-17-30-27(23(22)26(33)35-2,19-11-7-4-8-12-19)24(18-9-5-3-6-10-18)29-31(30)21-15-13-20(28)14-16-21/h3-16H,17H2,1-2H3. The van der Waals surface area contributed by atoms with Crippen molar-refractivity contribution in [3.63, 3.8) is 0 Å². The molecule has 0 saturated heterocycles. The van der Waals surface area contributed by atoms with Gasteiger partial charge in [0.25, 0.3) is 0 Å². The Bertz CT molecular complexity index is 1340. The highest BCUT2D eigenvalue weighted by atomic mass is 79.9. The number of hydrazone groups is 1. The van der Waals surface area contributed by atoms with E-state index < -0.39 is 17.5 Å². The first-order valence-corrected chi connectivity index (χ1v) is 11.7. The number of ether oxygens (including phenoxy) is 2. The van der Waals surface area contributed by atoms with Crippen LogP contribution in [0.25, 0.3) is 0 Å². The molecule has 3 aromatic rings. The van der Waals surface area contributed by atoms with E-state index in [4.69, 9.17) is 14.6 Å². The van der Waals surface area contributed by atoms with Crippen molar-refractivity contribution in [2.75, 3.05) is 25.9 Å². The number of carbonyl (C=O) groups excluding carboxylic acids is 2. The maximum absolute atomic E-state index is 13.4. The molecule has 0 saturated carbocycles. The number of fused-ring (bicyclic) bond motifs is 1. The van der Waals surface area contributed by atoms with Crippen LogP contribution in [0.4, 0.5) is 5.69 Å². The number of carbonyl (C=O) groups is 2. The Balaban J connectivity index is 1.86. The first-order chi connectivity index (χ1) is 17.0. The number of rotatable bonds is 5. The van der Waals surface area contributed by atoms with Crippen LogP contribution in [-0.2, 0) is 24.6 Å². The predicted molar refractivity (Wildman–Crippen MR) is 135 cm³/mol. The summed E-state index contributed by atoms with van der Waals surface area (Å²) < 4.78 is 11.3. The molecule has 7 nitrogen and oxygen atoms in total. The molecule has 35 heavy (non-hydrogen) atoms. The first kappa shape index (κ1) is 23.0. The average molecular weight is 532 g/mol. The van der Waals surface area contributed by atoms with Crippen molar-refractivity contribution in [2.45, 2.75) is 5.54 Å². The van der Waals surface area contributed by atoms with E-state index in [2.05, 4.69) is 15.9 Å². The molecule has 2 heterocycles. The molecule has 1 unspecified atom stereocenters. The summed E-state index contributed by atoms with van der Waals surface area (Å²) in [4.78, 5) is 26.4. The summed E-state index contributed by atoms with van der Waals surface area (Å²) in [6.07, 6.45) is 0. The van der Waals surface area contributed by atoms with Crippen molar-refractivity contribution in [1.82, 2.24) is 5.01 Å². The lowest BCUT2D eigenvalue weighted by atomic mass is 9.76. The third-order valence-electron chi connectivity index (χ3n) is 6.24. The summed E-state index contributed by atoms with van der Waals surface area (Å²) in [5, 5.41) is 8.72. The van der Waals surface area contributed by atoms with E-state index in [1.807, 2.05) is 89.9 Å². The lowest BCUT2D eigenvalue weighted by molar-refractivity contribution is -0.139. The van der Waals surface area contributed by atoms with Crippen LogP contribution in [0.1, 0.15) is 11.1 Å². The predicted octanol–water partition coefficient (Wildman–Crippen LogP) is 4.44. The van der Waals surface area contributed by atoms with Crippen LogP contribution in [0.15, 0.2) is 106 Å². The number of anilines is 1. The van der Waals surface area contributed by atoms with Gasteiger partial charge in [0.2, 0.25) is 0 Å². The van der Waals surface area contributed by atoms with E-state index >= 15 is 0 Å². The van der Waals surface area contributed by atoms with Crippen LogP contribution in [0.2, 0.25) is 0 Å². The SMILES string of the molecule is COC(=O)C1=C(C(=O)OC)C2(c3ccccc3)C(c3ccccc3)=NN(c3ccc(Br)cc3)N2C1. The molecule has 5 rings (SSSR count). The number of halogens is 1. The molecule has 0 fully saturated rings. The largest absolute Gasteiger partial charge is 0.466 e. The summed E-state index contributed by atoms with van der Waals surface area (Å²) >= 11 is 3.48. The van der Waals surface area contributed by atoms with Crippen molar-refractivity contribution in [3.8, 4) is 0 Å². The van der Waals surface area contributed by atoms with E-state index in [-0.39, 0.29) is 17.7 Å². The van der Waals surface area contributed by atoms with Gasteiger partial charge in [-0.05, 0) is 29.8 Å². The van der Waals surface area contributed by atoms with Gasteiger partial charge in [0.05, 0.1) is 37.6 Å². The molecule has 1 atom stereocenters. The minimum atomic E-state index is -1.22. The van der Waals surface area contributed by atoms with E-state index in [1.165, 1.54) is 14.2 Å². The number of nitrogens with zero attached hydrogens (tertiary/aromatic N) is 3. The fourth-order valence-corrected chi connectivity index (χ4v) is 5.04. The van der Waals surface area contributed by atoms with Gasteiger partial charge < -0.3 is 9.47 Å². The van der Waals surface area contributed by atoms with Gasteiger partial charge in [-0.3, -0.25) is 0 Å². The van der Waals surface area contributed by atoms with Gasteiger partial charge in [0.1, 0.15) is 11.3 Å². The smallest absolute Gasteiger partial charge is 0.337 e. The average Bonchev–Trinajstić information content (AvgIpc) is 3.43. The number of hydrogen-bond acceptors (Lipinski definition) is 7. The Morgan fingerprint density at radius 2 is 1.46 bits per heavy atom. The van der Waals surface area contributed by atoms with E-state index in [9.17, 15) is 9.59 Å². The first-order valence-electron chi connectivity index (χ1n) is 11.0. The molecule has 8 heteroatoms. The summed E-state index contributed by atoms with van der Waals surface area (Å²) in [6, 6.07) is 26.9. The molecule has 0 N–H and O–H groups in total. The summed E-state index contributed by atoms with van der Waals surface area (Å²) in [5.41, 5.74) is 2.18. The van der Waals surface area contributed by atoms with Gasteiger partial charge in [-0.2, -0.15) is 15.2 Å². The lowest BCUT2D eigenvalue weighted by Gasteiger charge is -2.38. The molecular formula is C27H22BrN3O4. The number of methoxy groups -OCH3 is 2. The highest BCUT2D eigenvalue weighted by Crippen LogP contribution is 2.51. The van der Waals surface area contributed by atoms with Gasteiger partial charge in [-0.1, -0.05) is 76.6 Å². The number of hydrogen-bond donors (Lipinski definition) is 0. The highest BCUT2D eigenvalue weighted by Gasteiger charge is 2.62. The molecule has 0 radical (unpaired) electrons. The number of hydrazine groups is 1. The van der Waals surface area contributed by atoms with Crippen LogP contribution in [-0.4, -0.2) is 43.4 Å². The van der Waals surface area contributed by atoms with Crippen LogP contribution < -0.4 is 5.12 Å². The normalized spacial score (nSPS) is 19.4. The topological polar surface area (TPSA) is 71.4 Å². The molecule has 0 amide bonds. The van der Waals surface area contributed by atoms with Crippen molar-refractivity contribution < 1.29 is 19.1 Å². The Kier molecular flexibility index (Phi) is 6.00. The third-order valence-corrected chi connectivity index (χ3v) is 6.77. The summed E-state index contributed by atoms with van der Waals surface area (Å²) in [5.74, 6) is -1.20. The Morgan fingerprint density at radius 3 is 2.06 bits per heavy atom. The van der Waals surface area contributed by atoms with Crippen LogP contribution >= 0.6 is 15.9 Å². The fourth-order valence-electron chi connectivity index (χ4n) is 4.77. The molecule has 176 valence electrons. The minimum absolute atomic E-state index is 0.0991. The fraction of sp³-hybridized carbons (Fsp3) is 0.148. The summed E-state index contributed by atoms with van der Waals surface area (Å²) in [7, 11) is 2.62. The van der Waals surface area contributed by atoms with Crippen molar-refractivity contribution >= 4 is 39.3 Å².